The van der Waals surface area contributed by atoms with Crippen LogP contribution in [0.2, 0.25) is 0 Å². The van der Waals surface area contributed by atoms with Crippen LogP contribution in [0.4, 0.5) is 0 Å². The van der Waals surface area contributed by atoms with Crippen molar-refractivity contribution in [1.29, 1.82) is 0 Å². The smallest absolute Gasteiger partial charge is 0.272 e. The summed E-state index contributed by atoms with van der Waals surface area (Å²) in [5, 5.41) is 7.12. The molecule has 6 heteroatoms. The van der Waals surface area contributed by atoms with Gasteiger partial charge >= 0.3 is 0 Å². The van der Waals surface area contributed by atoms with Gasteiger partial charge in [-0.25, -0.2) is 0 Å². The van der Waals surface area contributed by atoms with Crippen molar-refractivity contribution in [1.82, 2.24) is 15.1 Å². The maximum atomic E-state index is 12.9. The number of halogens is 1. The number of carbonyl (C=O) groups is 1. The molecule has 134 valence electrons. The van der Waals surface area contributed by atoms with E-state index in [0.29, 0.717) is 5.69 Å². The van der Waals surface area contributed by atoms with E-state index in [1.807, 2.05) is 55.5 Å². The van der Waals surface area contributed by atoms with Gasteiger partial charge in [0.2, 0.25) is 0 Å². The lowest BCUT2D eigenvalue weighted by Crippen LogP contribution is -2.30. The van der Waals surface area contributed by atoms with Crippen LogP contribution in [-0.2, 0) is 0 Å². The minimum absolute atomic E-state index is 0.126. The highest BCUT2D eigenvalue weighted by Gasteiger charge is 2.23. The number of hydrogen-bond acceptors (Lipinski definition) is 3. The van der Waals surface area contributed by atoms with Crippen LogP contribution in [0.15, 0.2) is 59.1 Å². The van der Waals surface area contributed by atoms with Crippen LogP contribution < -0.4 is 4.74 Å². The number of benzene rings is 2. The van der Waals surface area contributed by atoms with E-state index in [2.05, 4.69) is 26.1 Å². The molecule has 2 aromatic carbocycles. The summed E-state index contributed by atoms with van der Waals surface area (Å²) >= 11 is 3.42. The molecule has 3 aromatic rings. The monoisotopic (exact) mass is 413 g/mol. The van der Waals surface area contributed by atoms with Crippen molar-refractivity contribution in [3.8, 4) is 17.0 Å². The number of aromatic nitrogens is 2. The lowest BCUT2D eigenvalue weighted by Gasteiger charge is -2.26. The predicted octanol–water partition coefficient (Wildman–Crippen LogP) is 4.68. The number of carbonyl (C=O) groups excluding carboxylic acids is 1. The summed E-state index contributed by atoms with van der Waals surface area (Å²) in [5.41, 5.74) is 3.09. The molecular formula is C20H20BrN3O2. The van der Waals surface area contributed by atoms with Gasteiger partial charge in [0.15, 0.2) is 0 Å². The Labute approximate surface area is 161 Å². The van der Waals surface area contributed by atoms with E-state index in [1.165, 1.54) is 0 Å². The molecule has 1 amide bonds. The molecule has 0 spiro atoms. The second-order valence-electron chi connectivity index (χ2n) is 6.01. The molecule has 1 unspecified atom stereocenters. The normalized spacial score (nSPS) is 11.8. The van der Waals surface area contributed by atoms with E-state index < -0.39 is 0 Å². The van der Waals surface area contributed by atoms with E-state index in [1.54, 1.807) is 25.1 Å². The number of para-hydroxylation sites is 1. The van der Waals surface area contributed by atoms with Crippen molar-refractivity contribution < 1.29 is 9.53 Å². The molecule has 0 bridgehead atoms. The molecule has 1 aromatic heterocycles. The lowest BCUT2D eigenvalue weighted by molar-refractivity contribution is 0.0735. The summed E-state index contributed by atoms with van der Waals surface area (Å²) in [6, 6.07) is 17.1. The molecule has 0 fully saturated rings. The Bertz CT molecular complexity index is 905. The number of nitrogens with one attached hydrogen (secondary N) is 1. The van der Waals surface area contributed by atoms with Gasteiger partial charge in [0.1, 0.15) is 11.4 Å². The molecule has 1 heterocycles. The van der Waals surface area contributed by atoms with Gasteiger partial charge in [-0.1, -0.05) is 46.3 Å². The summed E-state index contributed by atoms with van der Waals surface area (Å²) in [4.78, 5) is 14.5. The Morgan fingerprint density at radius 1 is 1.19 bits per heavy atom. The number of aromatic amines is 1. The summed E-state index contributed by atoms with van der Waals surface area (Å²) in [7, 11) is 3.41. The molecule has 26 heavy (non-hydrogen) atoms. The first-order valence-electron chi connectivity index (χ1n) is 8.22. The molecule has 0 saturated carbocycles. The van der Waals surface area contributed by atoms with Crippen LogP contribution in [0.5, 0.6) is 5.75 Å². The van der Waals surface area contributed by atoms with Crippen LogP contribution in [-0.4, -0.2) is 35.2 Å². The first kappa shape index (κ1) is 18.2. The minimum atomic E-state index is -0.141. The molecule has 0 saturated heterocycles. The van der Waals surface area contributed by atoms with E-state index in [-0.39, 0.29) is 11.9 Å². The maximum Gasteiger partial charge on any atom is 0.272 e. The average Bonchev–Trinajstić information content (AvgIpc) is 3.17. The van der Waals surface area contributed by atoms with Crippen molar-refractivity contribution in [3.05, 3.63) is 70.3 Å². The first-order valence-corrected chi connectivity index (χ1v) is 9.02. The minimum Gasteiger partial charge on any atom is -0.496 e. The second-order valence-corrected chi connectivity index (χ2v) is 6.92. The van der Waals surface area contributed by atoms with Crippen LogP contribution in [0.3, 0.4) is 0 Å². The van der Waals surface area contributed by atoms with Gasteiger partial charge in [-0.2, -0.15) is 5.10 Å². The van der Waals surface area contributed by atoms with Crippen molar-refractivity contribution in [3.63, 3.8) is 0 Å². The molecule has 1 atom stereocenters. The van der Waals surface area contributed by atoms with E-state index >= 15 is 0 Å². The topological polar surface area (TPSA) is 58.2 Å². The van der Waals surface area contributed by atoms with Gasteiger partial charge in [-0.05, 0) is 31.2 Å². The van der Waals surface area contributed by atoms with E-state index in [4.69, 9.17) is 4.74 Å². The van der Waals surface area contributed by atoms with Crippen molar-refractivity contribution in [2.24, 2.45) is 0 Å². The summed E-state index contributed by atoms with van der Waals surface area (Å²) in [5.74, 6) is 0.638. The Balaban J connectivity index is 1.81. The lowest BCUT2D eigenvalue weighted by atomic mass is 10.1. The van der Waals surface area contributed by atoms with Crippen LogP contribution in [0.25, 0.3) is 11.3 Å². The van der Waals surface area contributed by atoms with Gasteiger partial charge in [-0.15, -0.1) is 0 Å². The highest BCUT2D eigenvalue weighted by Crippen LogP contribution is 2.29. The molecule has 1 N–H and O–H groups in total. The average molecular weight is 414 g/mol. The van der Waals surface area contributed by atoms with Crippen molar-refractivity contribution in [2.45, 2.75) is 13.0 Å². The quantitative estimate of drug-likeness (QED) is 0.660. The Morgan fingerprint density at radius 2 is 1.88 bits per heavy atom. The molecule has 0 aliphatic rings. The third-order valence-corrected chi connectivity index (χ3v) is 4.97. The zero-order chi connectivity index (χ0) is 18.7. The van der Waals surface area contributed by atoms with Gasteiger partial charge in [0.05, 0.1) is 18.8 Å². The number of ether oxygens (including phenoxy) is 1. The fourth-order valence-corrected chi connectivity index (χ4v) is 3.05. The number of hydrogen-bond donors (Lipinski definition) is 1. The number of rotatable bonds is 5. The SMILES string of the molecule is COc1ccccc1C(C)N(C)C(=O)c1cc(-c2ccc(Br)cc2)n[nH]1. The highest BCUT2D eigenvalue weighted by molar-refractivity contribution is 9.10. The van der Waals surface area contributed by atoms with Crippen LogP contribution >= 0.6 is 15.9 Å². The second kappa shape index (κ2) is 7.74. The number of nitrogens with zero attached hydrogens (tertiary/aromatic N) is 2. The standard InChI is InChI=1S/C20H20BrN3O2/c1-13(16-6-4-5-7-19(16)26-3)24(2)20(25)18-12-17(22-23-18)14-8-10-15(21)11-9-14/h4-13H,1-3H3,(H,22,23). The molecule has 5 nitrogen and oxygen atoms in total. The van der Waals surface area contributed by atoms with Crippen LogP contribution in [0.1, 0.15) is 29.0 Å². The van der Waals surface area contributed by atoms with Gasteiger partial charge in [0.25, 0.3) is 5.91 Å². The molecule has 0 aliphatic heterocycles. The third-order valence-electron chi connectivity index (χ3n) is 4.44. The van der Waals surface area contributed by atoms with Crippen molar-refractivity contribution in [2.75, 3.05) is 14.2 Å². The summed E-state index contributed by atoms with van der Waals surface area (Å²) in [6.07, 6.45) is 0. The van der Waals surface area contributed by atoms with Gasteiger partial charge in [-0.3, -0.25) is 9.89 Å². The van der Waals surface area contributed by atoms with Crippen molar-refractivity contribution >= 4 is 21.8 Å². The van der Waals surface area contributed by atoms with E-state index in [0.717, 1.165) is 27.0 Å². The van der Waals surface area contributed by atoms with E-state index in [9.17, 15) is 4.79 Å². The molecule has 3 rings (SSSR count). The first-order chi connectivity index (χ1) is 12.5. The summed E-state index contributed by atoms with van der Waals surface area (Å²) in [6.45, 7) is 1.97. The Hall–Kier alpha value is -2.60. The Kier molecular flexibility index (Phi) is 5.42. The zero-order valence-corrected chi connectivity index (χ0v) is 16.4. The number of amides is 1. The van der Waals surface area contributed by atoms with Crippen LogP contribution in [0, 0.1) is 0 Å². The highest BCUT2D eigenvalue weighted by atomic mass is 79.9. The number of H-pyrrole nitrogens is 1. The van der Waals surface area contributed by atoms with Gasteiger partial charge < -0.3 is 9.64 Å². The maximum absolute atomic E-state index is 12.9. The molecule has 0 aliphatic carbocycles. The zero-order valence-electron chi connectivity index (χ0n) is 14.9. The molecular weight excluding hydrogens is 394 g/mol. The largest absolute Gasteiger partial charge is 0.496 e. The summed E-state index contributed by atoms with van der Waals surface area (Å²) < 4.78 is 6.41. The number of methoxy groups -OCH3 is 1. The third kappa shape index (κ3) is 3.65. The van der Waals surface area contributed by atoms with Gasteiger partial charge in [0, 0.05) is 22.6 Å². The molecule has 0 radical (unpaired) electrons. The fraction of sp³-hybridized carbons (Fsp3) is 0.200. The fourth-order valence-electron chi connectivity index (χ4n) is 2.79. The predicted molar refractivity (Wildman–Crippen MR) is 105 cm³/mol. The Morgan fingerprint density at radius 3 is 2.58 bits per heavy atom.